The minimum atomic E-state index is -0.338. The van der Waals surface area contributed by atoms with E-state index in [1.807, 2.05) is 6.92 Å². The maximum absolute atomic E-state index is 13.7. The number of nitrogens with one attached hydrogen (secondary N) is 2. The molecule has 7 heteroatoms. The second kappa shape index (κ2) is 9.27. The van der Waals surface area contributed by atoms with E-state index in [1.165, 1.54) is 6.07 Å². The second-order valence-corrected chi connectivity index (χ2v) is 7.89. The highest BCUT2D eigenvalue weighted by molar-refractivity contribution is 6.30. The number of piperidine rings is 1. The lowest BCUT2D eigenvalue weighted by Gasteiger charge is -2.34. The number of nitrogens with zero attached hydrogens (tertiary/aromatic N) is 1. The van der Waals surface area contributed by atoms with Crippen molar-refractivity contribution in [1.82, 2.24) is 4.90 Å². The van der Waals surface area contributed by atoms with Gasteiger partial charge >= 0.3 is 6.03 Å². The molecule has 0 unspecified atom stereocenters. The Balaban J connectivity index is 1.51. The summed E-state index contributed by atoms with van der Waals surface area (Å²) in [7, 11) is 0. The van der Waals surface area contributed by atoms with Gasteiger partial charge in [0.05, 0.1) is 0 Å². The highest BCUT2D eigenvalue weighted by Gasteiger charge is 2.30. The molecule has 2 aromatic carbocycles. The molecule has 3 rings (SSSR count). The van der Waals surface area contributed by atoms with E-state index in [-0.39, 0.29) is 29.6 Å². The van der Waals surface area contributed by atoms with Crippen LogP contribution < -0.4 is 10.6 Å². The molecule has 0 saturated carbocycles. The summed E-state index contributed by atoms with van der Waals surface area (Å²) in [5.41, 5.74) is 1.63. The van der Waals surface area contributed by atoms with E-state index in [1.54, 1.807) is 48.2 Å². The van der Waals surface area contributed by atoms with Crippen molar-refractivity contribution in [3.63, 3.8) is 0 Å². The largest absolute Gasteiger partial charge is 0.326 e. The minimum absolute atomic E-state index is 0.122. The van der Waals surface area contributed by atoms with E-state index in [2.05, 4.69) is 10.6 Å². The average molecular weight is 418 g/mol. The van der Waals surface area contributed by atoms with Crippen LogP contribution in [0, 0.1) is 24.6 Å². The molecule has 1 fully saturated rings. The number of carbonyl (C=O) groups is 2. The van der Waals surface area contributed by atoms with Gasteiger partial charge in [-0.25, -0.2) is 9.18 Å². The molecule has 0 aromatic heterocycles. The number of urea groups is 1. The van der Waals surface area contributed by atoms with Gasteiger partial charge in [-0.2, -0.15) is 0 Å². The van der Waals surface area contributed by atoms with Gasteiger partial charge in [-0.1, -0.05) is 24.6 Å². The Kier molecular flexibility index (Phi) is 6.75. The minimum Gasteiger partial charge on any atom is -0.326 e. The van der Waals surface area contributed by atoms with Crippen LogP contribution in [0.5, 0.6) is 0 Å². The maximum atomic E-state index is 13.7. The maximum Gasteiger partial charge on any atom is 0.321 e. The van der Waals surface area contributed by atoms with Crippen molar-refractivity contribution in [3.05, 3.63) is 58.9 Å². The number of hydrogen-bond donors (Lipinski definition) is 2. The molecule has 154 valence electrons. The number of halogens is 2. The molecule has 29 heavy (non-hydrogen) atoms. The third kappa shape index (κ3) is 5.26. The first-order valence-electron chi connectivity index (χ1n) is 9.72. The van der Waals surface area contributed by atoms with Gasteiger partial charge in [0.2, 0.25) is 5.91 Å². The third-order valence-corrected chi connectivity index (χ3v) is 5.82. The van der Waals surface area contributed by atoms with Gasteiger partial charge in [0.15, 0.2) is 0 Å². The fourth-order valence-corrected chi connectivity index (χ4v) is 3.67. The number of likely N-dealkylation sites (tertiary alicyclic amines) is 1. The number of rotatable bonds is 4. The van der Waals surface area contributed by atoms with Crippen molar-refractivity contribution in [3.8, 4) is 0 Å². The van der Waals surface area contributed by atoms with Gasteiger partial charge in [-0.3, -0.25) is 4.79 Å². The van der Waals surface area contributed by atoms with Gasteiger partial charge in [0.25, 0.3) is 0 Å². The summed E-state index contributed by atoms with van der Waals surface area (Å²) < 4.78 is 13.7. The Morgan fingerprint density at radius 2 is 1.76 bits per heavy atom. The molecule has 5 nitrogen and oxygen atoms in total. The van der Waals surface area contributed by atoms with Gasteiger partial charge in [0, 0.05) is 41.0 Å². The first-order chi connectivity index (χ1) is 13.8. The van der Waals surface area contributed by atoms with Crippen LogP contribution in [0.4, 0.5) is 20.6 Å². The van der Waals surface area contributed by atoms with Crippen LogP contribution in [0.25, 0.3) is 0 Å². The Bertz CT molecular complexity index is 880. The topological polar surface area (TPSA) is 61.4 Å². The van der Waals surface area contributed by atoms with Crippen molar-refractivity contribution < 1.29 is 14.0 Å². The predicted molar refractivity (Wildman–Crippen MR) is 114 cm³/mol. The summed E-state index contributed by atoms with van der Waals surface area (Å²) in [6.45, 7) is 4.70. The molecule has 2 N–H and O–H groups in total. The van der Waals surface area contributed by atoms with E-state index < -0.39 is 0 Å². The molecule has 1 heterocycles. The summed E-state index contributed by atoms with van der Waals surface area (Å²) in [4.78, 5) is 26.8. The number of anilines is 2. The van der Waals surface area contributed by atoms with Crippen LogP contribution in [-0.2, 0) is 4.79 Å². The molecule has 0 aliphatic carbocycles. The van der Waals surface area contributed by atoms with Crippen molar-refractivity contribution in [2.75, 3.05) is 23.7 Å². The van der Waals surface area contributed by atoms with Crippen LogP contribution in [0.15, 0.2) is 42.5 Å². The van der Waals surface area contributed by atoms with E-state index >= 15 is 0 Å². The molecular formula is C22H25ClFN3O2. The summed E-state index contributed by atoms with van der Waals surface area (Å²) in [6.07, 6.45) is 1.48. The first-order valence-corrected chi connectivity index (χ1v) is 10.1. The molecule has 2 aromatic rings. The van der Waals surface area contributed by atoms with Gasteiger partial charge < -0.3 is 15.5 Å². The quantitative estimate of drug-likeness (QED) is 0.708. The Morgan fingerprint density at radius 3 is 2.41 bits per heavy atom. The fourth-order valence-electron chi connectivity index (χ4n) is 3.54. The van der Waals surface area contributed by atoms with Gasteiger partial charge in [0.1, 0.15) is 5.82 Å². The standard InChI is InChI=1S/C22H25ClFN3O2/c1-14(21(28)26-20-5-3-4-19(24)15(20)2)16-10-12-27(13-11-16)22(29)25-18-8-6-17(23)7-9-18/h3-9,14,16H,10-13H2,1-2H3,(H,25,29)(H,26,28)/t14-/m1/s1. The van der Waals surface area contributed by atoms with Gasteiger partial charge in [-0.15, -0.1) is 0 Å². The number of carbonyl (C=O) groups excluding carboxylic acids is 2. The SMILES string of the molecule is Cc1c(F)cccc1NC(=O)[C@H](C)C1CCN(C(=O)Nc2ccc(Cl)cc2)CC1. The summed E-state index contributed by atoms with van der Waals surface area (Å²) in [6, 6.07) is 11.5. The third-order valence-electron chi connectivity index (χ3n) is 5.57. The molecule has 0 radical (unpaired) electrons. The Labute approximate surface area is 175 Å². The fraction of sp³-hybridized carbons (Fsp3) is 0.364. The van der Waals surface area contributed by atoms with Crippen LogP contribution in [0.3, 0.4) is 0 Å². The van der Waals surface area contributed by atoms with E-state index in [0.29, 0.717) is 35.1 Å². The lowest BCUT2D eigenvalue weighted by molar-refractivity contribution is -0.121. The second-order valence-electron chi connectivity index (χ2n) is 7.45. The van der Waals surface area contributed by atoms with Crippen molar-refractivity contribution in [2.45, 2.75) is 26.7 Å². The molecule has 0 spiro atoms. The monoisotopic (exact) mass is 417 g/mol. The smallest absolute Gasteiger partial charge is 0.321 e. The summed E-state index contributed by atoms with van der Waals surface area (Å²) in [5.74, 6) is -0.513. The van der Waals surface area contributed by atoms with Gasteiger partial charge in [-0.05, 0) is 62.1 Å². The number of benzene rings is 2. The molecule has 1 aliphatic heterocycles. The molecule has 1 aliphatic rings. The Hall–Kier alpha value is -2.60. The van der Waals surface area contributed by atoms with Crippen LogP contribution in [0.2, 0.25) is 5.02 Å². The molecule has 1 atom stereocenters. The van der Waals surface area contributed by atoms with Crippen LogP contribution in [-0.4, -0.2) is 29.9 Å². The zero-order chi connectivity index (χ0) is 21.0. The zero-order valence-electron chi connectivity index (χ0n) is 16.5. The molecule has 0 bridgehead atoms. The Morgan fingerprint density at radius 1 is 1.10 bits per heavy atom. The number of amides is 3. The predicted octanol–water partition coefficient (Wildman–Crippen LogP) is 5.31. The normalized spacial score (nSPS) is 15.7. The van der Waals surface area contributed by atoms with Crippen molar-refractivity contribution >= 4 is 34.9 Å². The van der Waals surface area contributed by atoms with Crippen molar-refractivity contribution in [1.29, 1.82) is 0 Å². The average Bonchev–Trinajstić information content (AvgIpc) is 2.72. The van der Waals surface area contributed by atoms with Crippen LogP contribution in [0.1, 0.15) is 25.3 Å². The van der Waals surface area contributed by atoms with Crippen LogP contribution >= 0.6 is 11.6 Å². The molecular weight excluding hydrogens is 393 g/mol. The zero-order valence-corrected chi connectivity index (χ0v) is 17.3. The first kappa shape index (κ1) is 21.1. The van der Waals surface area contributed by atoms with E-state index in [4.69, 9.17) is 11.6 Å². The highest BCUT2D eigenvalue weighted by atomic mass is 35.5. The highest BCUT2D eigenvalue weighted by Crippen LogP contribution is 2.27. The lowest BCUT2D eigenvalue weighted by atomic mass is 9.85. The summed E-state index contributed by atoms with van der Waals surface area (Å²) >= 11 is 5.86. The summed E-state index contributed by atoms with van der Waals surface area (Å²) in [5, 5.41) is 6.32. The molecule has 1 saturated heterocycles. The molecule has 3 amide bonds. The lowest BCUT2D eigenvalue weighted by Crippen LogP contribution is -2.43. The number of hydrogen-bond acceptors (Lipinski definition) is 2. The van der Waals surface area contributed by atoms with E-state index in [0.717, 1.165) is 12.8 Å². The van der Waals surface area contributed by atoms with Crippen molar-refractivity contribution in [2.24, 2.45) is 11.8 Å². The van der Waals surface area contributed by atoms with E-state index in [9.17, 15) is 14.0 Å².